The van der Waals surface area contributed by atoms with Gasteiger partial charge in [-0.05, 0) is 24.6 Å². The van der Waals surface area contributed by atoms with Crippen molar-refractivity contribution in [3.8, 4) is 16.9 Å². The molecule has 0 aliphatic carbocycles. The maximum atomic E-state index is 12.1. The molecule has 0 unspecified atom stereocenters. The standard InChI is InChI=1S/C20H21N5O2.C2HF3O2/c1-12-20(26)24-23-19-11-27-18-7-15(13-5-3-2-4-6-13)16(8-17(18)25(12)19)22-14-9-21-10-14;3-2(4,5)1(6)7/h2-8,12,14,21-22H,9-11H2,1H3,(H,24,26);(H,6,7)/t12-;/m1./s1. The number of alkyl halides is 3. The zero-order valence-corrected chi connectivity index (χ0v) is 18.0. The summed E-state index contributed by atoms with van der Waals surface area (Å²) in [4.78, 5) is 23.0. The monoisotopic (exact) mass is 477 g/mol. The zero-order chi connectivity index (χ0) is 24.5. The number of hydrazone groups is 1. The molecule has 0 radical (unpaired) electrons. The van der Waals surface area contributed by atoms with Crippen LogP contribution in [0.2, 0.25) is 0 Å². The average molecular weight is 477 g/mol. The maximum Gasteiger partial charge on any atom is 0.490 e. The molecule has 0 aromatic heterocycles. The lowest BCUT2D eigenvalue weighted by Crippen LogP contribution is -2.55. The third-order valence-electron chi connectivity index (χ3n) is 5.52. The molecular weight excluding hydrogens is 455 g/mol. The molecule has 180 valence electrons. The van der Waals surface area contributed by atoms with E-state index in [2.05, 4.69) is 45.4 Å². The number of nitrogens with zero attached hydrogens (tertiary/aromatic N) is 2. The van der Waals surface area contributed by atoms with Crippen LogP contribution in [0, 0.1) is 0 Å². The second-order valence-corrected chi connectivity index (χ2v) is 7.87. The van der Waals surface area contributed by atoms with E-state index in [-0.39, 0.29) is 11.9 Å². The fourth-order valence-corrected chi connectivity index (χ4v) is 3.66. The minimum absolute atomic E-state index is 0.114. The van der Waals surface area contributed by atoms with Crippen molar-refractivity contribution in [2.45, 2.75) is 25.2 Å². The van der Waals surface area contributed by atoms with Crippen LogP contribution in [0.3, 0.4) is 0 Å². The SMILES string of the molecule is C[C@@H]1C(=O)NN=C2COc3cc(-c4ccccc4)c(NC4CNC4)cc3N21.O=C(O)C(F)(F)F. The number of amidine groups is 1. The number of carboxylic acids is 1. The first-order valence-corrected chi connectivity index (χ1v) is 10.4. The highest BCUT2D eigenvalue weighted by Gasteiger charge is 2.38. The number of ether oxygens (including phenoxy) is 1. The first-order valence-electron chi connectivity index (χ1n) is 10.4. The molecule has 2 aromatic carbocycles. The van der Waals surface area contributed by atoms with Gasteiger partial charge in [-0.3, -0.25) is 4.79 Å². The van der Waals surface area contributed by atoms with Gasteiger partial charge in [0.15, 0.2) is 5.84 Å². The van der Waals surface area contributed by atoms with E-state index in [1.165, 1.54) is 0 Å². The van der Waals surface area contributed by atoms with E-state index >= 15 is 0 Å². The molecule has 3 aliphatic heterocycles. The lowest BCUT2D eigenvalue weighted by atomic mass is 9.99. The van der Waals surface area contributed by atoms with E-state index in [1.807, 2.05) is 30.0 Å². The van der Waals surface area contributed by atoms with Crippen LogP contribution in [-0.4, -0.2) is 60.8 Å². The summed E-state index contributed by atoms with van der Waals surface area (Å²) in [7, 11) is 0. The van der Waals surface area contributed by atoms with Gasteiger partial charge in [0.1, 0.15) is 18.4 Å². The number of anilines is 2. The first kappa shape index (κ1) is 23.4. The Bertz CT molecular complexity index is 1120. The number of amides is 1. The summed E-state index contributed by atoms with van der Waals surface area (Å²) in [6, 6.07) is 14.5. The smallest absolute Gasteiger partial charge is 0.483 e. The molecule has 34 heavy (non-hydrogen) atoms. The van der Waals surface area contributed by atoms with E-state index in [0.29, 0.717) is 12.6 Å². The lowest BCUT2D eigenvalue weighted by molar-refractivity contribution is -0.192. The summed E-state index contributed by atoms with van der Waals surface area (Å²) in [6.45, 7) is 4.10. The molecule has 0 saturated carbocycles. The molecule has 0 bridgehead atoms. The van der Waals surface area contributed by atoms with Crippen LogP contribution < -0.4 is 25.7 Å². The van der Waals surface area contributed by atoms with E-state index < -0.39 is 12.1 Å². The average Bonchev–Trinajstić information content (AvgIpc) is 2.78. The highest BCUT2D eigenvalue weighted by atomic mass is 19.4. The summed E-state index contributed by atoms with van der Waals surface area (Å²) >= 11 is 0. The molecular formula is C22H22F3N5O4. The minimum Gasteiger partial charge on any atom is -0.483 e. The van der Waals surface area contributed by atoms with Crippen molar-refractivity contribution in [1.29, 1.82) is 0 Å². The molecule has 3 heterocycles. The van der Waals surface area contributed by atoms with Gasteiger partial charge in [0.2, 0.25) is 0 Å². The van der Waals surface area contributed by atoms with Gasteiger partial charge in [0.25, 0.3) is 5.91 Å². The van der Waals surface area contributed by atoms with Gasteiger partial charge in [0, 0.05) is 24.3 Å². The van der Waals surface area contributed by atoms with Crippen molar-refractivity contribution in [1.82, 2.24) is 10.7 Å². The number of carboxylic acid groups (broad SMARTS) is 1. The van der Waals surface area contributed by atoms with Gasteiger partial charge < -0.3 is 25.4 Å². The predicted octanol–water partition coefficient (Wildman–Crippen LogP) is 2.40. The van der Waals surface area contributed by atoms with Crippen molar-refractivity contribution < 1.29 is 32.6 Å². The van der Waals surface area contributed by atoms with E-state index in [4.69, 9.17) is 14.6 Å². The molecule has 12 heteroatoms. The second-order valence-electron chi connectivity index (χ2n) is 7.87. The van der Waals surface area contributed by atoms with Crippen molar-refractivity contribution in [2.24, 2.45) is 5.10 Å². The van der Waals surface area contributed by atoms with Crippen LogP contribution in [-0.2, 0) is 9.59 Å². The van der Waals surface area contributed by atoms with Crippen LogP contribution >= 0.6 is 0 Å². The van der Waals surface area contributed by atoms with Crippen LogP contribution in [0.25, 0.3) is 11.1 Å². The second kappa shape index (κ2) is 9.21. The van der Waals surface area contributed by atoms with E-state index in [1.54, 1.807) is 0 Å². The van der Waals surface area contributed by atoms with Crippen LogP contribution in [0.15, 0.2) is 47.6 Å². The zero-order valence-electron chi connectivity index (χ0n) is 18.0. The van der Waals surface area contributed by atoms with Crippen LogP contribution in [0.5, 0.6) is 5.75 Å². The van der Waals surface area contributed by atoms with Crippen LogP contribution in [0.4, 0.5) is 24.5 Å². The maximum absolute atomic E-state index is 12.1. The Hall–Kier alpha value is -3.80. The summed E-state index contributed by atoms with van der Waals surface area (Å²) in [5.41, 5.74) is 6.70. The third kappa shape index (κ3) is 4.76. The third-order valence-corrected chi connectivity index (χ3v) is 5.52. The Labute approximate surface area is 192 Å². The first-order chi connectivity index (χ1) is 16.1. The molecule has 5 rings (SSSR count). The Kier molecular flexibility index (Phi) is 6.33. The molecule has 0 spiro atoms. The number of rotatable bonds is 3. The topological polar surface area (TPSA) is 115 Å². The van der Waals surface area contributed by atoms with Gasteiger partial charge in [-0.1, -0.05) is 30.3 Å². The van der Waals surface area contributed by atoms with Crippen molar-refractivity contribution in [3.63, 3.8) is 0 Å². The summed E-state index contributed by atoms with van der Waals surface area (Å²) < 4.78 is 37.7. The number of nitrogens with one attached hydrogen (secondary N) is 3. The number of aliphatic carboxylic acids is 1. The molecule has 1 atom stereocenters. The molecule has 9 nitrogen and oxygen atoms in total. The van der Waals surface area contributed by atoms with Crippen LogP contribution in [0.1, 0.15) is 6.92 Å². The minimum atomic E-state index is -5.08. The predicted molar refractivity (Wildman–Crippen MR) is 119 cm³/mol. The number of fused-ring (bicyclic) bond motifs is 3. The van der Waals surface area contributed by atoms with Crippen molar-refractivity contribution in [2.75, 3.05) is 29.9 Å². The van der Waals surface area contributed by atoms with Gasteiger partial charge in [0.05, 0.1) is 11.7 Å². The molecule has 2 aromatic rings. The lowest BCUT2D eigenvalue weighted by Gasteiger charge is -2.39. The summed E-state index contributed by atoms with van der Waals surface area (Å²) in [6.07, 6.45) is -5.08. The van der Waals surface area contributed by atoms with Gasteiger partial charge >= 0.3 is 12.1 Å². The van der Waals surface area contributed by atoms with Gasteiger partial charge in [-0.15, -0.1) is 0 Å². The molecule has 3 aliphatic rings. The Balaban J connectivity index is 0.000000344. The largest absolute Gasteiger partial charge is 0.490 e. The quantitative estimate of drug-likeness (QED) is 0.537. The number of hydrogen-bond donors (Lipinski definition) is 4. The molecule has 1 saturated heterocycles. The van der Waals surface area contributed by atoms with Crippen molar-refractivity contribution in [3.05, 3.63) is 42.5 Å². The van der Waals surface area contributed by atoms with Crippen molar-refractivity contribution >= 4 is 29.1 Å². The van der Waals surface area contributed by atoms with Gasteiger partial charge in [-0.25, -0.2) is 10.2 Å². The Morgan fingerprint density at radius 3 is 2.50 bits per heavy atom. The fraction of sp³-hybridized carbons (Fsp3) is 0.318. The molecule has 1 fully saturated rings. The van der Waals surface area contributed by atoms with E-state index in [0.717, 1.165) is 47.2 Å². The number of hydrogen-bond acceptors (Lipinski definition) is 7. The number of halogens is 3. The number of benzene rings is 2. The number of carbonyl (C=O) groups excluding carboxylic acids is 1. The van der Waals surface area contributed by atoms with Gasteiger partial charge in [-0.2, -0.15) is 18.3 Å². The fourth-order valence-electron chi connectivity index (χ4n) is 3.66. The molecule has 4 N–H and O–H groups in total. The highest BCUT2D eigenvalue weighted by Crippen LogP contribution is 2.42. The Morgan fingerprint density at radius 1 is 1.24 bits per heavy atom. The normalized spacial score (nSPS) is 19.2. The van der Waals surface area contributed by atoms with E-state index in [9.17, 15) is 18.0 Å². The molecule has 1 amide bonds. The Morgan fingerprint density at radius 2 is 1.91 bits per heavy atom. The summed E-state index contributed by atoms with van der Waals surface area (Å²) in [5.74, 6) is -1.38. The summed E-state index contributed by atoms with van der Waals surface area (Å²) in [5, 5.41) is 18.2. The highest BCUT2D eigenvalue weighted by molar-refractivity contribution is 6.10. The number of carbonyl (C=O) groups is 2.